The highest BCUT2D eigenvalue weighted by Gasteiger charge is 2.27. The maximum absolute atomic E-state index is 5.95. The molecule has 0 amide bonds. The lowest BCUT2D eigenvalue weighted by atomic mass is 10.1. The van der Waals surface area contributed by atoms with Crippen LogP contribution in [0, 0.1) is 0 Å². The van der Waals surface area contributed by atoms with Crippen molar-refractivity contribution in [3.8, 4) is 11.3 Å². The average Bonchev–Trinajstić information content (AvgIpc) is 3.30. The van der Waals surface area contributed by atoms with Gasteiger partial charge in [-0.1, -0.05) is 30.3 Å². The van der Waals surface area contributed by atoms with Gasteiger partial charge >= 0.3 is 0 Å². The van der Waals surface area contributed by atoms with Crippen molar-refractivity contribution in [2.45, 2.75) is 25.4 Å². The summed E-state index contributed by atoms with van der Waals surface area (Å²) in [5, 5.41) is 4.42. The Kier molecular flexibility index (Phi) is 3.79. The highest BCUT2D eigenvalue weighted by atomic mass is 32.1. The van der Waals surface area contributed by atoms with Crippen LogP contribution in [0.25, 0.3) is 11.3 Å². The van der Waals surface area contributed by atoms with Gasteiger partial charge in [-0.2, -0.15) is 11.3 Å². The average molecular weight is 310 g/mol. The summed E-state index contributed by atoms with van der Waals surface area (Å²) in [6.45, 7) is 1.90. The molecule has 2 aromatic heterocycles. The standard InChI is InChI=1S/C18H18N2OS/c1-2-5-14(6-3-1)17-11-19-18(21-17)12-20-9-4-7-16(20)15-8-10-22-13-15/h1-3,5-6,8,10-11,13,16H,4,7,9,12H2. The van der Waals surface area contributed by atoms with Gasteiger partial charge in [-0.3, -0.25) is 4.90 Å². The lowest BCUT2D eigenvalue weighted by molar-refractivity contribution is 0.224. The predicted molar refractivity (Wildman–Crippen MR) is 88.6 cm³/mol. The fourth-order valence-electron chi connectivity index (χ4n) is 3.15. The molecule has 1 aliphatic heterocycles. The Morgan fingerprint density at radius 1 is 1.23 bits per heavy atom. The van der Waals surface area contributed by atoms with Gasteiger partial charge in [-0.15, -0.1) is 0 Å². The summed E-state index contributed by atoms with van der Waals surface area (Å²) in [4.78, 5) is 6.94. The van der Waals surface area contributed by atoms with E-state index in [0.29, 0.717) is 6.04 Å². The number of thiophene rings is 1. The summed E-state index contributed by atoms with van der Waals surface area (Å²) in [6, 6.07) is 12.9. The molecule has 0 saturated carbocycles. The zero-order valence-electron chi connectivity index (χ0n) is 12.3. The molecule has 0 spiro atoms. The summed E-state index contributed by atoms with van der Waals surface area (Å²) < 4.78 is 5.95. The summed E-state index contributed by atoms with van der Waals surface area (Å²) in [5.74, 6) is 1.66. The Bertz CT molecular complexity index is 721. The Morgan fingerprint density at radius 2 is 2.14 bits per heavy atom. The van der Waals surface area contributed by atoms with Gasteiger partial charge in [0.1, 0.15) is 0 Å². The number of benzene rings is 1. The van der Waals surface area contributed by atoms with Crippen molar-refractivity contribution < 1.29 is 4.42 Å². The van der Waals surface area contributed by atoms with Crippen molar-refractivity contribution in [1.82, 2.24) is 9.88 Å². The van der Waals surface area contributed by atoms with E-state index in [9.17, 15) is 0 Å². The molecule has 3 heterocycles. The molecule has 1 aromatic carbocycles. The van der Waals surface area contributed by atoms with Crippen molar-refractivity contribution in [2.24, 2.45) is 0 Å². The second-order valence-electron chi connectivity index (χ2n) is 5.67. The first-order valence-corrected chi connectivity index (χ1v) is 8.61. The van der Waals surface area contributed by atoms with Gasteiger partial charge in [-0.05, 0) is 41.8 Å². The Hall–Kier alpha value is -1.91. The molecule has 0 N–H and O–H groups in total. The quantitative estimate of drug-likeness (QED) is 0.697. The monoisotopic (exact) mass is 310 g/mol. The molecule has 0 aliphatic carbocycles. The number of hydrogen-bond donors (Lipinski definition) is 0. The third-order valence-electron chi connectivity index (χ3n) is 4.24. The minimum absolute atomic E-state index is 0.512. The second-order valence-corrected chi connectivity index (χ2v) is 6.45. The topological polar surface area (TPSA) is 29.3 Å². The van der Waals surface area contributed by atoms with Crippen LogP contribution in [0.15, 0.2) is 57.8 Å². The molecular weight excluding hydrogens is 292 g/mol. The maximum atomic E-state index is 5.95. The Labute approximate surface area is 134 Å². The highest BCUT2D eigenvalue weighted by Crippen LogP contribution is 2.34. The van der Waals surface area contributed by atoms with E-state index in [2.05, 4.69) is 26.7 Å². The second kappa shape index (κ2) is 6.07. The first-order chi connectivity index (χ1) is 10.9. The van der Waals surface area contributed by atoms with Crippen LogP contribution in [0.2, 0.25) is 0 Å². The molecule has 112 valence electrons. The molecule has 1 atom stereocenters. The predicted octanol–water partition coefficient (Wildman–Crippen LogP) is 4.74. The molecule has 4 heteroatoms. The minimum Gasteiger partial charge on any atom is -0.439 e. The van der Waals surface area contributed by atoms with Crippen LogP contribution in [0.1, 0.15) is 30.3 Å². The van der Waals surface area contributed by atoms with E-state index in [0.717, 1.165) is 30.3 Å². The van der Waals surface area contributed by atoms with Crippen LogP contribution in [-0.4, -0.2) is 16.4 Å². The number of rotatable bonds is 4. The van der Waals surface area contributed by atoms with Crippen molar-refractivity contribution >= 4 is 11.3 Å². The van der Waals surface area contributed by atoms with Crippen molar-refractivity contribution in [3.05, 3.63) is 64.8 Å². The fourth-order valence-corrected chi connectivity index (χ4v) is 3.86. The first-order valence-electron chi connectivity index (χ1n) is 7.66. The number of nitrogens with zero attached hydrogens (tertiary/aromatic N) is 2. The van der Waals surface area contributed by atoms with Crippen molar-refractivity contribution in [2.75, 3.05) is 6.54 Å². The lowest BCUT2D eigenvalue weighted by Crippen LogP contribution is -2.22. The van der Waals surface area contributed by atoms with E-state index in [-0.39, 0.29) is 0 Å². The summed E-state index contributed by atoms with van der Waals surface area (Å²) in [7, 11) is 0. The largest absolute Gasteiger partial charge is 0.439 e. The van der Waals surface area contributed by atoms with Crippen LogP contribution >= 0.6 is 11.3 Å². The number of aromatic nitrogens is 1. The highest BCUT2D eigenvalue weighted by molar-refractivity contribution is 7.07. The minimum atomic E-state index is 0.512. The smallest absolute Gasteiger partial charge is 0.209 e. The zero-order chi connectivity index (χ0) is 14.8. The third-order valence-corrected chi connectivity index (χ3v) is 4.94. The van der Waals surface area contributed by atoms with Crippen LogP contribution in [0.5, 0.6) is 0 Å². The molecule has 1 fully saturated rings. The summed E-state index contributed by atoms with van der Waals surface area (Å²) in [5.41, 5.74) is 2.51. The van der Waals surface area contributed by atoms with Crippen LogP contribution in [0.4, 0.5) is 0 Å². The molecule has 22 heavy (non-hydrogen) atoms. The molecule has 4 rings (SSSR count). The fraction of sp³-hybridized carbons (Fsp3) is 0.278. The maximum Gasteiger partial charge on any atom is 0.209 e. The molecule has 1 unspecified atom stereocenters. The van der Waals surface area contributed by atoms with E-state index in [1.165, 1.54) is 18.4 Å². The molecular formula is C18H18N2OS. The Balaban J connectivity index is 1.51. The molecule has 1 aliphatic rings. The van der Waals surface area contributed by atoms with Crippen LogP contribution in [-0.2, 0) is 6.54 Å². The van der Waals surface area contributed by atoms with E-state index in [1.54, 1.807) is 11.3 Å². The Morgan fingerprint density at radius 3 is 2.95 bits per heavy atom. The SMILES string of the molecule is c1ccc(-c2cnc(CN3CCCC3c3ccsc3)o2)cc1. The van der Waals surface area contributed by atoms with E-state index < -0.39 is 0 Å². The van der Waals surface area contributed by atoms with Gasteiger partial charge in [0, 0.05) is 11.6 Å². The van der Waals surface area contributed by atoms with Crippen LogP contribution < -0.4 is 0 Å². The molecule has 3 aromatic rings. The first kappa shape index (κ1) is 13.7. The van der Waals surface area contributed by atoms with Gasteiger partial charge in [0.15, 0.2) is 5.76 Å². The third kappa shape index (κ3) is 2.72. The van der Waals surface area contributed by atoms with Gasteiger partial charge < -0.3 is 4.42 Å². The van der Waals surface area contributed by atoms with E-state index in [4.69, 9.17) is 4.42 Å². The normalized spacial score (nSPS) is 18.8. The zero-order valence-corrected chi connectivity index (χ0v) is 13.1. The van der Waals surface area contributed by atoms with Gasteiger partial charge in [0.2, 0.25) is 5.89 Å². The van der Waals surface area contributed by atoms with Gasteiger partial charge in [0.05, 0.1) is 12.7 Å². The number of oxazole rings is 1. The summed E-state index contributed by atoms with van der Waals surface area (Å²) >= 11 is 1.77. The number of likely N-dealkylation sites (tertiary alicyclic amines) is 1. The van der Waals surface area contributed by atoms with Crippen molar-refractivity contribution in [3.63, 3.8) is 0 Å². The van der Waals surface area contributed by atoms with Crippen LogP contribution in [0.3, 0.4) is 0 Å². The lowest BCUT2D eigenvalue weighted by Gasteiger charge is -2.22. The van der Waals surface area contributed by atoms with Crippen molar-refractivity contribution in [1.29, 1.82) is 0 Å². The molecule has 0 radical (unpaired) electrons. The van der Waals surface area contributed by atoms with Gasteiger partial charge in [0.25, 0.3) is 0 Å². The summed E-state index contributed by atoms with van der Waals surface area (Å²) in [6.07, 6.45) is 4.30. The molecule has 1 saturated heterocycles. The van der Waals surface area contributed by atoms with E-state index >= 15 is 0 Å². The molecule has 0 bridgehead atoms. The molecule has 3 nitrogen and oxygen atoms in total. The van der Waals surface area contributed by atoms with E-state index in [1.807, 2.05) is 36.5 Å². The number of hydrogen-bond acceptors (Lipinski definition) is 4. The van der Waals surface area contributed by atoms with Gasteiger partial charge in [-0.25, -0.2) is 4.98 Å².